The number of carbonyl (C=O) groups is 1. The van der Waals surface area contributed by atoms with Crippen molar-refractivity contribution in [3.05, 3.63) is 83.7 Å². The van der Waals surface area contributed by atoms with Crippen LogP contribution in [0.2, 0.25) is 0 Å². The Morgan fingerprint density at radius 3 is 2.53 bits per heavy atom. The molecule has 2 amide bonds. The van der Waals surface area contributed by atoms with Crippen molar-refractivity contribution in [3.8, 4) is 17.6 Å². The number of halogens is 3. The summed E-state index contributed by atoms with van der Waals surface area (Å²) < 4.78 is 45.5. The van der Waals surface area contributed by atoms with Crippen LogP contribution in [0.25, 0.3) is 0 Å². The molecule has 10 heteroatoms. The maximum absolute atomic E-state index is 13.3. The third-order valence-electron chi connectivity index (χ3n) is 7.13. The Kier molecular flexibility index (Phi) is 6.95. The Hall–Kier alpha value is -4.10. The number of rotatable bonds is 5. The molecule has 7 nitrogen and oxygen atoms in total. The summed E-state index contributed by atoms with van der Waals surface area (Å²) in [5.74, 6) is 0.457. The van der Waals surface area contributed by atoms with Crippen molar-refractivity contribution in [2.45, 2.75) is 25.6 Å². The van der Waals surface area contributed by atoms with Gasteiger partial charge in [-0.25, -0.2) is 4.79 Å². The van der Waals surface area contributed by atoms with Crippen LogP contribution < -0.4 is 10.1 Å². The van der Waals surface area contributed by atoms with Crippen LogP contribution in [0, 0.1) is 16.7 Å². The number of nitrogens with one attached hydrogen (secondary N) is 1. The van der Waals surface area contributed by atoms with Gasteiger partial charge in [-0.3, -0.25) is 9.88 Å². The predicted octanol–water partition coefficient (Wildman–Crippen LogP) is 5.89. The molecular weight excluding hydrogens is 495 g/mol. The van der Waals surface area contributed by atoms with Crippen molar-refractivity contribution in [1.29, 1.82) is 5.26 Å². The first-order valence-corrected chi connectivity index (χ1v) is 12.3. The molecule has 2 saturated heterocycles. The molecule has 0 radical (unpaired) electrons. The Morgan fingerprint density at radius 1 is 1.08 bits per heavy atom. The number of benzene rings is 2. The zero-order chi connectivity index (χ0) is 26.8. The number of nitriles is 1. The first-order chi connectivity index (χ1) is 18.2. The van der Waals surface area contributed by atoms with Gasteiger partial charge in [0.15, 0.2) is 0 Å². The number of aromatic nitrogens is 1. The average molecular weight is 522 g/mol. The molecule has 0 atom stereocenters. The largest absolute Gasteiger partial charge is 0.457 e. The SMILES string of the molecule is N#Cc1ccc(Oc2cccc(CN3CCC4(CC3)CN(C(=O)Nc3cccnc3)C4)c2)cc1C(F)(F)F. The molecule has 2 aliphatic heterocycles. The van der Waals surface area contributed by atoms with Crippen molar-refractivity contribution < 1.29 is 22.7 Å². The molecule has 1 spiro atoms. The van der Waals surface area contributed by atoms with E-state index in [0.717, 1.165) is 56.7 Å². The van der Waals surface area contributed by atoms with Crippen LogP contribution in [-0.4, -0.2) is 47.0 Å². The fourth-order valence-corrected chi connectivity index (χ4v) is 5.07. The molecule has 38 heavy (non-hydrogen) atoms. The van der Waals surface area contributed by atoms with Crippen molar-refractivity contribution >= 4 is 11.7 Å². The van der Waals surface area contributed by atoms with Crippen LogP contribution in [0.1, 0.15) is 29.5 Å². The summed E-state index contributed by atoms with van der Waals surface area (Å²) >= 11 is 0. The number of hydrogen-bond donors (Lipinski definition) is 1. The lowest BCUT2D eigenvalue weighted by Crippen LogP contribution is -2.62. The second-order valence-corrected chi connectivity index (χ2v) is 9.87. The minimum atomic E-state index is -4.64. The van der Waals surface area contributed by atoms with Crippen molar-refractivity contribution in [2.24, 2.45) is 5.41 Å². The molecule has 3 aromatic rings. The second-order valence-electron chi connectivity index (χ2n) is 9.87. The van der Waals surface area contributed by atoms with E-state index < -0.39 is 17.3 Å². The van der Waals surface area contributed by atoms with Crippen LogP contribution in [0.5, 0.6) is 11.5 Å². The minimum absolute atomic E-state index is 0.0236. The summed E-state index contributed by atoms with van der Waals surface area (Å²) in [5, 5.41) is 11.9. The number of amides is 2. The van der Waals surface area contributed by atoms with E-state index >= 15 is 0 Å². The highest BCUT2D eigenvalue weighted by atomic mass is 19.4. The maximum Gasteiger partial charge on any atom is 0.417 e. The number of nitrogens with zero attached hydrogens (tertiary/aromatic N) is 4. The zero-order valence-electron chi connectivity index (χ0n) is 20.5. The standard InChI is InChI=1S/C28H26F3N5O2/c29-28(30,31)25-14-24(7-6-21(25)15-32)38-23-5-1-3-20(13-23)17-35-11-8-27(9-12-35)18-36(19-27)26(37)34-22-4-2-10-33-16-22/h1-7,10,13-14,16H,8-9,11-12,17-19H2,(H,34,37). The number of alkyl halides is 3. The summed E-state index contributed by atoms with van der Waals surface area (Å²) in [5.41, 5.74) is 0.373. The topological polar surface area (TPSA) is 81.5 Å². The van der Waals surface area contributed by atoms with Gasteiger partial charge in [-0.05, 0) is 74.0 Å². The maximum atomic E-state index is 13.3. The van der Waals surface area contributed by atoms with E-state index in [2.05, 4.69) is 15.2 Å². The van der Waals surface area contributed by atoms with Gasteiger partial charge in [-0.2, -0.15) is 18.4 Å². The van der Waals surface area contributed by atoms with Gasteiger partial charge < -0.3 is 15.0 Å². The number of piperidine rings is 1. The highest BCUT2D eigenvalue weighted by molar-refractivity contribution is 5.89. The lowest BCUT2D eigenvalue weighted by atomic mass is 9.72. The van der Waals surface area contributed by atoms with Gasteiger partial charge in [0, 0.05) is 31.2 Å². The fourth-order valence-electron chi connectivity index (χ4n) is 5.07. The van der Waals surface area contributed by atoms with Crippen LogP contribution >= 0.6 is 0 Å². The Labute approximate surface area is 218 Å². The zero-order valence-corrected chi connectivity index (χ0v) is 20.5. The van der Waals surface area contributed by atoms with Gasteiger partial charge in [0.1, 0.15) is 11.5 Å². The summed E-state index contributed by atoms with van der Waals surface area (Å²) in [7, 11) is 0. The van der Waals surface area contributed by atoms with E-state index in [1.165, 1.54) is 6.07 Å². The molecular formula is C28H26F3N5O2. The minimum Gasteiger partial charge on any atom is -0.457 e. The number of urea groups is 1. The Morgan fingerprint density at radius 2 is 1.84 bits per heavy atom. The average Bonchev–Trinajstić information content (AvgIpc) is 2.88. The van der Waals surface area contributed by atoms with E-state index in [4.69, 9.17) is 10.00 Å². The van der Waals surface area contributed by atoms with Crippen molar-refractivity contribution in [1.82, 2.24) is 14.8 Å². The monoisotopic (exact) mass is 521 g/mol. The molecule has 5 rings (SSSR count). The third-order valence-corrected chi connectivity index (χ3v) is 7.13. The second kappa shape index (κ2) is 10.3. The molecule has 0 unspecified atom stereocenters. The van der Waals surface area contributed by atoms with E-state index in [1.807, 2.05) is 29.2 Å². The van der Waals surface area contributed by atoms with Gasteiger partial charge in [0.25, 0.3) is 0 Å². The van der Waals surface area contributed by atoms with E-state index in [0.29, 0.717) is 18.0 Å². The first kappa shape index (κ1) is 25.5. The number of anilines is 1. The molecule has 0 saturated carbocycles. The summed E-state index contributed by atoms with van der Waals surface area (Å²) in [6, 6.07) is 15.7. The molecule has 2 aromatic carbocycles. The molecule has 0 aliphatic carbocycles. The quantitative estimate of drug-likeness (QED) is 0.453. The smallest absolute Gasteiger partial charge is 0.417 e. The number of pyridine rings is 1. The van der Waals surface area contributed by atoms with Crippen molar-refractivity contribution in [3.63, 3.8) is 0 Å². The van der Waals surface area contributed by atoms with E-state index in [1.54, 1.807) is 30.6 Å². The van der Waals surface area contributed by atoms with Crippen LogP contribution in [0.4, 0.5) is 23.7 Å². The highest BCUT2D eigenvalue weighted by Gasteiger charge is 2.46. The fraction of sp³-hybridized carbons (Fsp3) is 0.321. The summed E-state index contributed by atoms with van der Waals surface area (Å²) in [4.78, 5) is 20.7. The Bertz CT molecular complexity index is 1340. The molecule has 2 aliphatic rings. The normalized spacial score (nSPS) is 16.9. The number of likely N-dealkylation sites (tertiary alicyclic amines) is 2. The van der Waals surface area contributed by atoms with Gasteiger partial charge in [0.2, 0.25) is 0 Å². The molecule has 196 valence electrons. The van der Waals surface area contributed by atoms with Crippen LogP contribution in [0.15, 0.2) is 67.0 Å². The first-order valence-electron chi connectivity index (χ1n) is 12.3. The van der Waals surface area contributed by atoms with Crippen LogP contribution in [0.3, 0.4) is 0 Å². The lowest BCUT2D eigenvalue weighted by Gasteiger charge is -2.53. The molecule has 3 heterocycles. The van der Waals surface area contributed by atoms with Gasteiger partial charge in [0.05, 0.1) is 29.1 Å². The van der Waals surface area contributed by atoms with Crippen molar-refractivity contribution in [2.75, 3.05) is 31.5 Å². The molecule has 1 aromatic heterocycles. The predicted molar refractivity (Wildman–Crippen MR) is 134 cm³/mol. The van der Waals surface area contributed by atoms with E-state index in [9.17, 15) is 18.0 Å². The highest BCUT2D eigenvalue weighted by Crippen LogP contribution is 2.41. The molecule has 2 fully saturated rings. The summed E-state index contributed by atoms with van der Waals surface area (Å²) in [6.45, 7) is 3.96. The molecule has 0 bridgehead atoms. The van der Waals surface area contributed by atoms with E-state index in [-0.39, 0.29) is 17.2 Å². The number of hydrogen-bond acceptors (Lipinski definition) is 5. The third kappa shape index (κ3) is 5.73. The van der Waals surface area contributed by atoms with Crippen LogP contribution in [-0.2, 0) is 12.7 Å². The van der Waals surface area contributed by atoms with Gasteiger partial charge >= 0.3 is 12.2 Å². The number of ether oxygens (including phenoxy) is 1. The Balaban J connectivity index is 1.13. The lowest BCUT2D eigenvalue weighted by molar-refractivity contribution is -0.137. The number of carbonyl (C=O) groups excluding carboxylic acids is 1. The molecule has 1 N–H and O–H groups in total. The summed E-state index contributed by atoms with van der Waals surface area (Å²) in [6.07, 6.45) is 0.624. The van der Waals surface area contributed by atoms with Gasteiger partial charge in [-0.15, -0.1) is 0 Å². The van der Waals surface area contributed by atoms with Gasteiger partial charge in [-0.1, -0.05) is 12.1 Å².